The van der Waals surface area contributed by atoms with Crippen molar-refractivity contribution in [2.75, 3.05) is 18.0 Å². The van der Waals surface area contributed by atoms with Crippen LogP contribution in [-0.2, 0) is 0 Å². The van der Waals surface area contributed by atoms with Crippen LogP contribution in [0, 0.1) is 0 Å². The first-order valence-corrected chi connectivity index (χ1v) is 6.69. The number of thiocarbonyl (C=S) groups is 1. The van der Waals surface area contributed by atoms with Gasteiger partial charge in [0.15, 0.2) is 0 Å². The highest BCUT2D eigenvalue weighted by Gasteiger charge is 2.32. The van der Waals surface area contributed by atoms with Crippen LogP contribution in [0.25, 0.3) is 0 Å². The third kappa shape index (κ3) is 1.91. The molecule has 0 bridgehead atoms. The van der Waals surface area contributed by atoms with Crippen LogP contribution in [0.1, 0.15) is 23.7 Å². The quantitative estimate of drug-likeness (QED) is 0.571. The van der Waals surface area contributed by atoms with Crippen LogP contribution in [0.15, 0.2) is 24.3 Å². The Morgan fingerprint density at radius 1 is 1.13 bits per heavy atom. The maximum Gasteiger partial charge on any atom is 0.0762 e. The van der Waals surface area contributed by atoms with Crippen molar-refractivity contribution in [3.8, 4) is 0 Å². The Balaban J connectivity index is 1.78. The summed E-state index contributed by atoms with van der Waals surface area (Å²) in [5.74, 6) is 0. The molecule has 0 amide bonds. The van der Waals surface area contributed by atoms with Crippen molar-refractivity contribution < 1.29 is 0 Å². The summed E-state index contributed by atoms with van der Waals surface area (Å²) < 4.78 is 1.14. The van der Waals surface area contributed by atoms with E-state index in [0.717, 1.165) is 4.20 Å². The highest BCUT2D eigenvalue weighted by molar-refractivity contribution is 8.34. The summed E-state index contributed by atoms with van der Waals surface area (Å²) in [5.41, 5.74) is 2.74. The fourth-order valence-corrected chi connectivity index (χ4v) is 3.14. The lowest BCUT2D eigenvalue weighted by Crippen LogP contribution is -2.17. The largest absolute Gasteiger partial charge is 0.372 e. The van der Waals surface area contributed by atoms with Crippen molar-refractivity contribution >= 4 is 33.9 Å². The third-order valence-corrected chi connectivity index (χ3v) is 4.69. The van der Waals surface area contributed by atoms with Crippen molar-refractivity contribution in [3.63, 3.8) is 0 Å². The topological polar surface area (TPSA) is 3.24 Å². The van der Waals surface area contributed by atoms with Gasteiger partial charge in [-0.25, -0.2) is 0 Å². The molecule has 1 aromatic rings. The maximum absolute atomic E-state index is 5.14. The lowest BCUT2D eigenvalue weighted by atomic mass is 10.1. The molecule has 0 radical (unpaired) electrons. The SMILES string of the molecule is S=C1SC1c1ccc(N2CCCC2)cc1. The van der Waals surface area contributed by atoms with E-state index < -0.39 is 0 Å². The fourth-order valence-electron chi connectivity index (χ4n) is 2.12. The Kier molecular flexibility index (Phi) is 2.45. The Morgan fingerprint density at radius 3 is 2.27 bits per heavy atom. The van der Waals surface area contributed by atoms with Crippen molar-refractivity contribution in [2.45, 2.75) is 18.1 Å². The fraction of sp³-hybridized carbons (Fsp3) is 0.417. The van der Waals surface area contributed by atoms with E-state index in [1.165, 1.54) is 37.2 Å². The average Bonchev–Trinajstić information content (AvgIpc) is 2.82. The molecular weight excluding hydrogens is 222 g/mol. The molecule has 2 heterocycles. The highest BCUT2D eigenvalue weighted by Crippen LogP contribution is 2.49. The second kappa shape index (κ2) is 3.80. The summed E-state index contributed by atoms with van der Waals surface area (Å²) in [4.78, 5) is 2.46. The van der Waals surface area contributed by atoms with Gasteiger partial charge in [0.25, 0.3) is 0 Å². The van der Waals surface area contributed by atoms with E-state index in [1.807, 2.05) is 0 Å². The Bertz CT molecular complexity index is 379. The minimum absolute atomic E-state index is 0.507. The summed E-state index contributed by atoms with van der Waals surface area (Å²) in [6, 6.07) is 8.93. The molecule has 2 fully saturated rings. The second-order valence-electron chi connectivity index (χ2n) is 4.10. The predicted octanol–water partition coefficient (Wildman–Crippen LogP) is 3.40. The predicted molar refractivity (Wildman–Crippen MR) is 70.8 cm³/mol. The van der Waals surface area contributed by atoms with Gasteiger partial charge in [0.05, 0.1) is 9.45 Å². The molecule has 2 aliphatic heterocycles. The first-order valence-electron chi connectivity index (χ1n) is 5.40. The van der Waals surface area contributed by atoms with Gasteiger partial charge in [-0.2, -0.15) is 0 Å². The van der Waals surface area contributed by atoms with E-state index in [0.29, 0.717) is 5.25 Å². The molecule has 0 N–H and O–H groups in total. The normalized spacial score (nSPS) is 24.7. The highest BCUT2D eigenvalue weighted by atomic mass is 32.2. The number of hydrogen-bond acceptors (Lipinski definition) is 3. The van der Waals surface area contributed by atoms with Crippen molar-refractivity contribution in [3.05, 3.63) is 29.8 Å². The van der Waals surface area contributed by atoms with Gasteiger partial charge in [-0.3, -0.25) is 0 Å². The monoisotopic (exact) mass is 235 g/mol. The zero-order valence-electron chi connectivity index (χ0n) is 8.48. The summed E-state index contributed by atoms with van der Waals surface area (Å²) in [6.07, 6.45) is 2.68. The van der Waals surface area contributed by atoms with Crippen LogP contribution >= 0.6 is 24.0 Å². The number of thioether (sulfide) groups is 1. The lowest BCUT2D eigenvalue weighted by molar-refractivity contribution is 0.949. The minimum Gasteiger partial charge on any atom is -0.372 e. The van der Waals surface area contributed by atoms with Crippen LogP contribution in [0.3, 0.4) is 0 Å². The number of benzene rings is 1. The van der Waals surface area contributed by atoms with Gasteiger partial charge in [-0.1, -0.05) is 24.4 Å². The van der Waals surface area contributed by atoms with Gasteiger partial charge in [0.2, 0.25) is 0 Å². The van der Waals surface area contributed by atoms with E-state index in [2.05, 4.69) is 29.2 Å². The van der Waals surface area contributed by atoms with E-state index in [9.17, 15) is 0 Å². The van der Waals surface area contributed by atoms with Crippen molar-refractivity contribution in [1.82, 2.24) is 0 Å². The third-order valence-electron chi connectivity index (χ3n) is 3.06. The van der Waals surface area contributed by atoms with Gasteiger partial charge in [-0.05, 0) is 30.5 Å². The van der Waals surface area contributed by atoms with Crippen LogP contribution in [0.4, 0.5) is 5.69 Å². The zero-order valence-corrected chi connectivity index (χ0v) is 10.1. The van der Waals surface area contributed by atoms with Crippen LogP contribution in [0.5, 0.6) is 0 Å². The summed E-state index contributed by atoms with van der Waals surface area (Å²) in [5, 5.41) is 0.507. The molecule has 1 atom stereocenters. The number of anilines is 1. The van der Waals surface area contributed by atoms with Crippen LogP contribution < -0.4 is 4.90 Å². The van der Waals surface area contributed by atoms with Gasteiger partial charge < -0.3 is 4.90 Å². The summed E-state index contributed by atoms with van der Waals surface area (Å²) in [7, 11) is 0. The molecule has 1 unspecified atom stereocenters. The van der Waals surface area contributed by atoms with Crippen LogP contribution in [0.2, 0.25) is 0 Å². The average molecular weight is 235 g/mol. The molecule has 15 heavy (non-hydrogen) atoms. The van der Waals surface area contributed by atoms with Gasteiger partial charge in [0, 0.05) is 18.8 Å². The van der Waals surface area contributed by atoms with Crippen LogP contribution in [-0.4, -0.2) is 17.3 Å². The van der Waals surface area contributed by atoms with Gasteiger partial charge >= 0.3 is 0 Å². The molecule has 3 rings (SSSR count). The molecule has 1 nitrogen and oxygen atoms in total. The first-order chi connectivity index (χ1) is 7.34. The Hall–Kier alpha value is -0.540. The molecule has 0 saturated carbocycles. The van der Waals surface area contributed by atoms with Crippen molar-refractivity contribution in [1.29, 1.82) is 0 Å². The smallest absolute Gasteiger partial charge is 0.0762 e. The second-order valence-corrected chi connectivity index (χ2v) is 5.95. The number of nitrogens with zero attached hydrogens (tertiary/aromatic N) is 1. The summed E-state index contributed by atoms with van der Waals surface area (Å²) >= 11 is 6.94. The van der Waals surface area contributed by atoms with E-state index >= 15 is 0 Å². The van der Waals surface area contributed by atoms with E-state index in [-0.39, 0.29) is 0 Å². The lowest BCUT2D eigenvalue weighted by Gasteiger charge is -2.17. The molecular formula is C12H13NS2. The van der Waals surface area contributed by atoms with E-state index in [4.69, 9.17) is 12.2 Å². The molecule has 0 spiro atoms. The number of rotatable bonds is 2. The molecule has 1 aromatic carbocycles. The van der Waals surface area contributed by atoms with Gasteiger partial charge in [0.1, 0.15) is 0 Å². The molecule has 3 heteroatoms. The molecule has 78 valence electrons. The maximum atomic E-state index is 5.14. The van der Waals surface area contributed by atoms with Crippen molar-refractivity contribution in [2.24, 2.45) is 0 Å². The zero-order chi connectivity index (χ0) is 10.3. The molecule has 2 aliphatic rings. The number of hydrogen-bond donors (Lipinski definition) is 0. The molecule has 0 aromatic heterocycles. The van der Waals surface area contributed by atoms with E-state index in [1.54, 1.807) is 11.8 Å². The summed E-state index contributed by atoms with van der Waals surface area (Å²) in [6.45, 7) is 2.44. The standard InChI is InChI=1S/C12H13NS2/c14-12-11(15-12)9-3-5-10(6-4-9)13-7-1-2-8-13/h3-6,11H,1-2,7-8H2. The van der Waals surface area contributed by atoms with Gasteiger partial charge in [-0.15, -0.1) is 11.8 Å². The Morgan fingerprint density at radius 2 is 1.73 bits per heavy atom. The molecule has 2 saturated heterocycles. The minimum atomic E-state index is 0.507. The molecule has 0 aliphatic carbocycles. The Labute approximate surface area is 99.9 Å². The first kappa shape index (κ1) is 9.67.